The molecule has 1 aliphatic heterocycles. The van der Waals surface area contributed by atoms with Crippen molar-refractivity contribution in [2.75, 3.05) is 6.61 Å². The highest BCUT2D eigenvalue weighted by molar-refractivity contribution is 5.88. The minimum Gasteiger partial charge on any atom is -0.376 e. The summed E-state index contributed by atoms with van der Waals surface area (Å²) in [7, 11) is 0. The van der Waals surface area contributed by atoms with E-state index in [9.17, 15) is 0 Å². The van der Waals surface area contributed by atoms with Gasteiger partial charge in [-0.25, -0.2) is 0 Å². The van der Waals surface area contributed by atoms with Crippen LogP contribution in [0, 0.1) is 0 Å². The lowest BCUT2D eigenvalue weighted by molar-refractivity contribution is 0.0846. The molecule has 0 unspecified atom stereocenters. The molecule has 1 aliphatic carbocycles. The second-order valence-corrected chi connectivity index (χ2v) is 5.09. The number of fused-ring (bicyclic) bond motifs is 4. The molecular formula is C15H14O. The molecule has 0 radical (unpaired) electrons. The predicted molar refractivity (Wildman–Crippen MR) is 64.5 cm³/mol. The van der Waals surface area contributed by atoms with Crippen molar-refractivity contribution in [2.45, 2.75) is 24.9 Å². The Bertz CT molecular complexity index is 567. The van der Waals surface area contributed by atoms with Crippen LogP contribution in [-0.2, 0) is 16.8 Å². The Hall–Kier alpha value is -1.34. The number of rotatable bonds is 0. The summed E-state index contributed by atoms with van der Waals surface area (Å²) >= 11 is 0. The zero-order valence-corrected chi connectivity index (χ0v) is 9.20. The molecule has 80 valence electrons. The van der Waals surface area contributed by atoms with E-state index in [0.717, 1.165) is 13.2 Å². The first-order valence-electron chi connectivity index (χ1n) is 5.98. The number of hydrogen-bond acceptors (Lipinski definition) is 1. The Morgan fingerprint density at radius 2 is 1.88 bits per heavy atom. The second kappa shape index (κ2) is 2.86. The Morgan fingerprint density at radius 1 is 1.00 bits per heavy atom. The molecule has 16 heavy (non-hydrogen) atoms. The summed E-state index contributed by atoms with van der Waals surface area (Å²) in [6, 6.07) is 13.2. The maximum Gasteiger partial charge on any atom is 0.0720 e. The van der Waals surface area contributed by atoms with Crippen LogP contribution in [0.25, 0.3) is 10.8 Å². The van der Waals surface area contributed by atoms with E-state index in [-0.39, 0.29) is 0 Å². The minimum atomic E-state index is 0.369. The smallest absolute Gasteiger partial charge is 0.0720 e. The van der Waals surface area contributed by atoms with Crippen molar-refractivity contribution in [1.82, 2.24) is 0 Å². The van der Waals surface area contributed by atoms with Crippen LogP contribution in [0.4, 0.5) is 0 Å². The molecule has 1 spiro atoms. The summed E-state index contributed by atoms with van der Waals surface area (Å²) < 4.78 is 5.72. The number of ether oxygens (including phenoxy) is 1. The average Bonchev–Trinajstić information content (AvgIpc) is 3.09. The molecule has 2 aromatic carbocycles. The van der Waals surface area contributed by atoms with Crippen LogP contribution >= 0.6 is 0 Å². The standard InChI is InChI=1S/C15H14O/c1-2-4-13-11(3-1)5-6-12-9-16-10-15(7-8-15)14(12)13/h1-6H,7-10H2. The second-order valence-electron chi connectivity index (χ2n) is 5.09. The van der Waals surface area contributed by atoms with Crippen LogP contribution in [-0.4, -0.2) is 6.61 Å². The van der Waals surface area contributed by atoms with Crippen LogP contribution in [0.3, 0.4) is 0 Å². The Kier molecular flexibility index (Phi) is 1.57. The zero-order valence-electron chi connectivity index (χ0n) is 9.20. The van der Waals surface area contributed by atoms with Gasteiger partial charge in [-0.05, 0) is 34.7 Å². The molecule has 2 aromatic rings. The minimum absolute atomic E-state index is 0.369. The molecule has 0 N–H and O–H groups in total. The van der Waals surface area contributed by atoms with Crippen molar-refractivity contribution in [3.05, 3.63) is 47.5 Å². The predicted octanol–water partition coefficient (Wildman–Crippen LogP) is 3.40. The van der Waals surface area contributed by atoms with Gasteiger partial charge >= 0.3 is 0 Å². The molecule has 0 aromatic heterocycles. The van der Waals surface area contributed by atoms with Crippen molar-refractivity contribution >= 4 is 10.8 Å². The van der Waals surface area contributed by atoms with Crippen LogP contribution in [0.1, 0.15) is 24.0 Å². The molecule has 2 aliphatic rings. The normalized spacial score (nSPS) is 21.0. The molecule has 0 amide bonds. The fourth-order valence-electron chi connectivity index (χ4n) is 3.04. The van der Waals surface area contributed by atoms with Crippen molar-refractivity contribution in [1.29, 1.82) is 0 Å². The molecule has 0 saturated heterocycles. The Labute approximate surface area is 95.0 Å². The van der Waals surface area contributed by atoms with Gasteiger partial charge in [0.2, 0.25) is 0 Å². The summed E-state index contributed by atoms with van der Waals surface area (Å²) in [5, 5.41) is 2.82. The molecule has 4 rings (SSSR count). The van der Waals surface area contributed by atoms with Gasteiger partial charge < -0.3 is 4.74 Å². The third-order valence-corrected chi connectivity index (χ3v) is 4.04. The summed E-state index contributed by atoms with van der Waals surface area (Å²) in [5.41, 5.74) is 3.35. The summed E-state index contributed by atoms with van der Waals surface area (Å²) in [6.07, 6.45) is 2.60. The molecule has 0 atom stereocenters. The van der Waals surface area contributed by atoms with E-state index in [0.29, 0.717) is 5.41 Å². The quantitative estimate of drug-likeness (QED) is 0.647. The third kappa shape index (κ3) is 1.04. The summed E-state index contributed by atoms with van der Waals surface area (Å²) in [6.45, 7) is 1.72. The number of hydrogen-bond donors (Lipinski definition) is 0. The molecule has 1 heteroatoms. The summed E-state index contributed by atoms with van der Waals surface area (Å²) in [4.78, 5) is 0. The molecule has 1 heterocycles. The van der Waals surface area contributed by atoms with Gasteiger partial charge in [0, 0.05) is 5.41 Å². The highest BCUT2D eigenvalue weighted by Crippen LogP contribution is 2.53. The average molecular weight is 210 g/mol. The van der Waals surface area contributed by atoms with E-state index >= 15 is 0 Å². The maximum atomic E-state index is 5.72. The first-order valence-corrected chi connectivity index (χ1v) is 5.98. The van der Waals surface area contributed by atoms with Crippen LogP contribution in [0.15, 0.2) is 36.4 Å². The largest absolute Gasteiger partial charge is 0.376 e. The van der Waals surface area contributed by atoms with Crippen LogP contribution in [0.2, 0.25) is 0 Å². The van der Waals surface area contributed by atoms with E-state index in [2.05, 4.69) is 36.4 Å². The van der Waals surface area contributed by atoms with Crippen molar-refractivity contribution in [3.63, 3.8) is 0 Å². The van der Waals surface area contributed by atoms with E-state index in [1.54, 1.807) is 5.56 Å². The van der Waals surface area contributed by atoms with Gasteiger partial charge in [-0.2, -0.15) is 0 Å². The Morgan fingerprint density at radius 3 is 2.75 bits per heavy atom. The molecule has 1 nitrogen and oxygen atoms in total. The van der Waals surface area contributed by atoms with Gasteiger partial charge in [0.15, 0.2) is 0 Å². The van der Waals surface area contributed by atoms with E-state index in [1.807, 2.05) is 0 Å². The van der Waals surface area contributed by atoms with E-state index in [4.69, 9.17) is 4.74 Å². The van der Waals surface area contributed by atoms with Crippen molar-refractivity contribution < 1.29 is 4.74 Å². The van der Waals surface area contributed by atoms with Gasteiger partial charge in [-0.1, -0.05) is 36.4 Å². The highest BCUT2D eigenvalue weighted by atomic mass is 16.5. The fraction of sp³-hybridized carbons (Fsp3) is 0.333. The molecular weight excluding hydrogens is 196 g/mol. The lowest BCUT2D eigenvalue weighted by Gasteiger charge is -2.27. The first-order chi connectivity index (χ1) is 7.89. The lowest BCUT2D eigenvalue weighted by Crippen LogP contribution is -2.23. The lowest BCUT2D eigenvalue weighted by atomic mass is 9.86. The van der Waals surface area contributed by atoms with E-state index in [1.165, 1.54) is 29.2 Å². The zero-order chi connectivity index (χ0) is 10.6. The van der Waals surface area contributed by atoms with Crippen molar-refractivity contribution in [2.24, 2.45) is 0 Å². The SMILES string of the molecule is c1ccc2c3c(ccc2c1)COCC31CC1. The van der Waals surface area contributed by atoms with Gasteiger partial charge in [0.25, 0.3) is 0 Å². The fourth-order valence-corrected chi connectivity index (χ4v) is 3.04. The molecule has 1 fully saturated rings. The number of benzene rings is 2. The topological polar surface area (TPSA) is 9.23 Å². The molecule has 0 bridgehead atoms. The van der Waals surface area contributed by atoms with Crippen molar-refractivity contribution in [3.8, 4) is 0 Å². The first kappa shape index (κ1) is 8.77. The van der Waals surface area contributed by atoms with Gasteiger partial charge in [0.05, 0.1) is 13.2 Å². The van der Waals surface area contributed by atoms with Gasteiger partial charge in [0.1, 0.15) is 0 Å². The monoisotopic (exact) mass is 210 g/mol. The van der Waals surface area contributed by atoms with Crippen LogP contribution < -0.4 is 0 Å². The van der Waals surface area contributed by atoms with Gasteiger partial charge in [-0.15, -0.1) is 0 Å². The van der Waals surface area contributed by atoms with Gasteiger partial charge in [-0.3, -0.25) is 0 Å². The maximum absolute atomic E-state index is 5.72. The third-order valence-electron chi connectivity index (χ3n) is 4.04. The van der Waals surface area contributed by atoms with E-state index < -0.39 is 0 Å². The molecule has 1 saturated carbocycles. The Balaban J connectivity index is 2.11. The van der Waals surface area contributed by atoms with Crippen LogP contribution in [0.5, 0.6) is 0 Å². The highest BCUT2D eigenvalue weighted by Gasteiger charge is 2.48. The summed E-state index contributed by atoms with van der Waals surface area (Å²) in [5.74, 6) is 0.